The van der Waals surface area contributed by atoms with Gasteiger partial charge in [0.05, 0.1) is 6.26 Å². The maximum absolute atomic E-state index is 11.6. The summed E-state index contributed by atoms with van der Waals surface area (Å²) in [6, 6.07) is -0.187. The first-order chi connectivity index (χ1) is 8.20. The summed E-state index contributed by atoms with van der Waals surface area (Å²) in [4.78, 5) is 11.6. The minimum atomic E-state index is -3.14. The molecule has 116 valence electrons. The Kier molecular flexibility index (Phi) is 10.5. The van der Waals surface area contributed by atoms with Crippen LogP contribution in [0.5, 0.6) is 0 Å². The lowest BCUT2D eigenvalue weighted by atomic mass is 10.0. The molecule has 3 N–H and O–H groups in total. The number of hydrogen-bond donors (Lipinski definition) is 2. The van der Waals surface area contributed by atoms with E-state index >= 15 is 0 Å². The second-order valence-corrected chi connectivity index (χ2v) is 6.53. The van der Waals surface area contributed by atoms with Gasteiger partial charge in [-0.25, -0.2) is 12.7 Å². The average molecular weight is 316 g/mol. The van der Waals surface area contributed by atoms with Gasteiger partial charge >= 0.3 is 0 Å². The zero-order chi connectivity index (χ0) is 14.3. The molecule has 0 aromatic rings. The summed E-state index contributed by atoms with van der Waals surface area (Å²) < 4.78 is 24.0. The molecule has 0 aliphatic rings. The zero-order valence-corrected chi connectivity index (χ0v) is 13.7. The van der Waals surface area contributed by atoms with Gasteiger partial charge < -0.3 is 11.1 Å². The highest BCUT2D eigenvalue weighted by Gasteiger charge is 2.17. The van der Waals surface area contributed by atoms with E-state index in [9.17, 15) is 13.2 Å². The Morgan fingerprint density at radius 2 is 1.89 bits per heavy atom. The van der Waals surface area contributed by atoms with Gasteiger partial charge in [0.15, 0.2) is 0 Å². The molecule has 0 saturated carbocycles. The van der Waals surface area contributed by atoms with E-state index in [1.54, 1.807) is 20.8 Å². The van der Waals surface area contributed by atoms with Gasteiger partial charge in [-0.1, -0.05) is 13.8 Å². The first kappa shape index (κ1) is 20.9. The molecule has 0 spiro atoms. The fraction of sp³-hybridized carbons (Fsp3) is 0.909. The molecular weight excluding hydrogens is 290 g/mol. The smallest absolute Gasteiger partial charge is 0.224 e. The number of rotatable bonds is 8. The van der Waals surface area contributed by atoms with Gasteiger partial charge in [-0.05, 0) is 13.3 Å². The number of hydrogen-bond acceptors (Lipinski definition) is 4. The van der Waals surface area contributed by atoms with Crippen molar-refractivity contribution in [3.8, 4) is 0 Å². The Balaban J connectivity index is 0. The Bertz CT molecular complexity index is 360. The maximum atomic E-state index is 11.6. The molecule has 0 heterocycles. The number of carbonyl (C=O) groups is 1. The van der Waals surface area contributed by atoms with Crippen LogP contribution in [0.3, 0.4) is 0 Å². The fourth-order valence-corrected chi connectivity index (χ4v) is 2.35. The molecule has 1 amide bonds. The third kappa shape index (κ3) is 8.41. The zero-order valence-electron chi connectivity index (χ0n) is 12.0. The second kappa shape index (κ2) is 9.52. The standard InChI is InChI=1S/C11H25N3O3S.ClH/c1-5-14(18(4,16)17)8-6-7-13-11(15)9(2)10(3)12;/h9-10H,5-8,12H2,1-4H3,(H,13,15);1H. The van der Waals surface area contributed by atoms with Crippen LogP contribution in [0.1, 0.15) is 27.2 Å². The Hall–Kier alpha value is -0.370. The lowest BCUT2D eigenvalue weighted by Gasteiger charge is -2.19. The highest BCUT2D eigenvalue weighted by atomic mass is 35.5. The monoisotopic (exact) mass is 315 g/mol. The summed E-state index contributed by atoms with van der Waals surface area (Å²) in [5, 5.41) is 2.75. The predicted molar refractivity (Wildman–Crippen MR) is 79.8 cm³/mol. The Morgan fingerprint density at radius 3 is 2.26 bits per heavy atom. The normalized spacial score (nSPS) is 14.6. The van der Waals surface area contributed by atoms with Crippen LogP contribution in [0.25, 0.3) is 0 Å². The molecule has 0 aliphatic carbocycles. The van der Waals surface area contributed by atoms with E-state index < -0.39 is 10.0 Å². The van der Waals surface area contributed by atoms with Gasteiger partial charge in [0, 0.05) is 31.6 Å². The van der Waals surface area contributed by atoms with Gasteiger partial charge in [-0.2, -0.15) is 0 Å². The molecular formula is C11H26ClN3O3S. The van der Waals surface area contributed by atoms with E-state index in [-0.39, 0.29) is 30.3 Å². The molecule has 8 heteroatoms. The first-order valence-corrected chi connectivity index (χ1v) is 8.03. The molecule has 0 aromatic heterocycles. The van der Waals surface area contributed by atoms with E-state index in [2.05, 4.69) is 5.32 Å². The molecule has 19 heavy (non-hydrogen) atoms. The van der Waals surface area contributed by atoms with Crippen LogP contribution in [-0.4, -0.2) is 50.6 Å². The first-order valence-electron chi connectivity index (χ1n) is 6.18. The van der Waals surface area contributed by atoms with Gasteiger partial charge in [0.1, 0.15) is 0 Å². The summed E-state index contributed by atoms with van der Waals surface area (Å²) in [5.74, 6) is -0.324. The Labute approximate surface area is 122 Å². The number of carbonyl (C=O) groups excluding carboxylic acids is 1. The van der Waals surface area contributed by atoms with Crippen molar-refractivity contribution in [2.45, 2.75) is 33.2 Å². The molecule has 0 saturated heterocycles. The van der Waals surface area contributed by atoms with Crippen LogP contribution in [0.2, 0.25) is 0 Å². The van der Waals surface area contributed by atoms with Crippen LogP contribution < -0.4 is 11.1 Å². The summed E-state index contributed by atoms with van der Waals surface area (Å²) in [5.41, 5.74) is 5.62. The third-order valence-corrected chi connectivity index (χ3v) is 4.29. The topological polar surface area (TPSA) is 92.5 Å². The van der Waals surface area contributed by atoms with Crippen molar-refractivity contribution in [3.05, 3.63) is 0 Å². The van der Waals surface area contributed by atoms with Crippen molar-refractivity contribution < 1.29 is 13.2 Å². The lowest BCUT2D eigenvalue weighted by molar-refractivity contribution is -0.124. The van der Waals surface area contributed by atoms with Crippen molar-refractivity contribution in [2.75, 3.05) is 25.9 Å². The molecule has 0 aromatic carbocycles. The predicted octanol–water partition coefficient (Wildman–Crippen LogP) is 0.179. The second-order valence-electron chi connectivity index (χ2n) is 4.55. The molecule has 0 rings (SSSR count). The van der Waals surface area contributed by atoms with Crippen molar-refractivity contribution in [3.63, 3.8) is 0 Å². The van der Waals surface area contributed by atoms with Gasteiger partial charge in [0.2, 0.25) is 15.9 Å². The molecule has 2 atom stereocenters. The van der Waals surface area contributed by atoms with Gasteiger partial charge in [0.25, 0.3) is 0 Å². The van der Waals surface area contributed by atoms with Crippen LogP contribution >= 0.6 is 12.4 Å². The van der Waals surface area contributed by atoms with Crippen molar-refractivity contribution >= 4 is 28.3 Å². The number of sulfonamides is 1. The van der Waals surface area contributed by atoms with Gasteiger partial charge in [-0.15, -0.1) is 12.4 Å². The quantitative estimate of drug-likeness (QED) is 0.625. The van der Waals surface area contributed by atoms with E-state index in [0.29, 0.717) is 26.1 Å². The minimum Gasteiger partial charge on any atom is -0.356 e. The molecule has 0 aliphatic heterocycles. The summed E-state index contributed by atoms with van der Waals surface area (Å²) in [7, 11) is -3.14. The summed E-state index contributed by atoms with van der Waals surface area (Å²) >= 11 is 0. The van der Waals surface area contributed by atoms with Crippen LogP contribution in [0.4, 0.5) is 0 Å². The number of amides is 1. The average Bonchev–Trinajstić information content (AvgIpc) is 2.25. The lowest BCUT2D eigenvalue weighted by Crippen LogP contribution is -2.40. The number of nitrogens with one attached hydrogen (secondary N) is 1. The van der Waals surface area contributed by atoms with Crippen LogP contribution in [-0.2, 0) is 14.8 Å². The molecule has 6 nitrogen and oxygen atoms in total. The van der Waals surface area contributed by atoms with Gasteiger partial charge in [-0.3, -0.25) is 4.79 Å². The Morgan fingerprint density at radius 1 is 1.37 bits per heavy atom. The minimum absolute atomic E-state index is 0. The highest BCUT2D eigenvalue weighted by molar-refractivity contribution is 7.88. The summed E-state index contributed by atoms with van der Waals surface area (Å²) in [6.07, 6.45) is 1.78. The number of halogens is 1. The highest BCUT2D eigenvalue weighted by Crippen LogP contribution is 2.00. The maximum Gasteiger partial charge on any atom is 0.224 e. The van der Waals surface area contributed by atoms with Crippen molar-refractivity contribution in [1.29, 1.82) is 0 Å². The molecule has 2 unspecified atom stereocenters. The SMILES string of the molecule is CCN(CCCNC(=O)C(C)C(C)N)S(C)(=O)=O.Cl. The van der Waals surface area contributed by atoms with E-state index in [1.807, 2.05) is 0 Å². The fourth-order valence-electron chi connectivity index (χ4n) is 1.43. The third-order valence-electron chi connectivity index (χ3n) is 2.91. The van der Waals surface area contributed by atoms with Crippen molar-refractivity contribution in [1.82, 2.24) is 9.62 Å². The van der Waals surface area contributed by atoms with Crippen molar-refractivity contribution in [2.24, 2.45) is 11.7 Å². The van der Waals surface area contributed by atoms with E-state index in [4.69, 9.17) is 5.73 Å². The van der Waals surface area contributed by atoms with E-state index in [1.165, 1.54) is 10.6 Å². The van der Waals surface area contributed by atoms with E-state index in [0.717, 1.165) is 0 Å². The number of nitrogens with zero attached hydrogens (tertiary/aromatic N) is 1. The summed E-state index contributed by atoms with van der Waals surface area (Å²) in [6.45, 7) is 6.67. The van der Waals surface area contributed by atoms with Crippen LogP contribution in [0, 0.1) is 5.92 Å². The van der Waals surface area contributed by atoms with Crippen LogP contribution in [0.15, 0.2) is 0 Å². The number of nitrogens with two attached hydrogens (primary N) is 1. The molecule has 0 bridgehead atoms. The largest absolute Gasteiger partial charge is 0.356 e. The molecule has 0 radical (unpaired) electrons. The molecule has 0 fully saturated rings.